The molecule has 5 nitrogen and oxygen atoms in total. The fourth-order valence-corrected chi connectivity index (χ4v) is 2.76. The van der Waals surface area contributed by atoms with E-state index in [-0.39, 0.29) is 0 Å². The number of nitrogens with one attached hydrogen (secondary N) is 1. The van der Waals surface area contributed by atoms with E-state index in [1.54, 1.807) is 11.3 Å². The number of hydrogen-bond acceptors (Lipinski definition) is 5. The van der Waals surface area contributed by atoms with Crippen LogP contribution in [0.1, 0.15) is 24.6 Å². The monoisotopic (exact) mass is 235 g/mol. The van der Waals surface area contributed by atoms with Crippen molar-refractivity contribution in [2.24, 2.45) is 0 Å². The lowest BCUT2D eigenvalue weighted by atomic mass is 9.97. The maximum Gasteiger partial charge on any atom is 0.160 e. The highest BCUT2D eigenvalue weighted by Crippen LogP contribution is 2.25. The van der Waals surface area contributed by atoms with Crippen LogP contribution in [0.25, 0.3) is 5.00 Å². The van der Waals surface area contributed by atoms with E-state index in [1.165, 1.54) is 0 Å². The van der Waals surface area contributed by atoms with Crippen LogP contribution in [0.15, 0.2) is 17.5 Å². The van der Waals surface area contributed by atoms with E-state index in [2.05, 4.69) is 20.8 Å². The molecule has 3 heterocycles. The molecule has 1 aliphatic rings. The van der Waals surface area contributed by atoms with E-state index in [9.17, 15) is 0 Å². The van der Waals surface area contributed by atoms with Gasteiger partial charge in [0.2, 0.25) is 0 Å². The predicted octanol–water partition coefficient (Wildman–Crippen LogP) is 1.19. The molecule has 2 aromatic heterocycles. The number of tetrazole rings is 1. The lowest BCUT2D eigenvalue weighted by Crippen LogP contribution is -2.28. The Morgan fingerprint density at radius 3 is 3.00 bits per heavy atom. The largest absolute Gasteiger partial charge is 0.317 e. The van der Waals surface area contributed by atoms with Gasteiger partial charge in [0.05, 0.1) is 0 Å². The fourth-order valence-electron chi connectivity index (χ4n) is 2.08. The Kier molecular flexibility index (Phi) is 2.67. The van der Waals surface area contributed by atoms with Gasteiger partial charge in [-0.1, -0.05) is 0 Å². The van der Waals surface area contributed by atoms with E-state index in [0.29, 0.717) is 5.92 Å². The van der Waals surface area contributed by atoms with Crippen molar-refractivity contribution in [2.75, 3.05) is 13.1 Å². The Balaban J connectivity index is 1.92. The summed E-state index contributed by atoms with van der Waals surface area (Å²) in [5.41, 5.74) is 0. The molecule has 1 saturated heterocycles. The highest BCUT2D eigenvalue weighted by molar-refractivity contribution is 7.12. The van der Waals surface area contributed by atoms with Gasteiger partial charge in [-0.25, -0.2) is 0 Å². The quantitative estimate of drug-likeness (QED) is 0.849. The summed E-state index contributed by atoms with van der Waals surface area (Å²) in [6.45, 7) is 2.12. The number of thiophene rings is 1. The summed E-state index contributed by atoms with van der Waals surface area (Å²) in [6.07, 6.45) is 2.23. The molecule has 0 bridgehead atoms. The molecule has 16 heavy (non-hydrogen) atoms. The van der Waals surface area contributed by atoms with Gasteiger partial charge in [-0.15, -0.1) is 16.4 Å². The molecule has 0 aliphatic carbocycles. The third-order valence-electron chi connectivity index (χ3n) is 2.91. The summed E-state index contributed by atoms with van der Waals surface area (Å²) in [6, 6.07) is 4.07. The van der Waals surface area contributed by atoms with Crippen LogP contribution in [0.3, 0.4) is 0 Å². The molecular weight excluding hydrogens is 222 g/mol. The van der Waals surface area contributed by atoms with Crippen LogP contribution in [0, 0.1) is 0 Å². The van der Waals surface area contributed by atoms with Crippen LogP contribution in [-0.2, 0) is 0 Å². The molecule has 0 amide bonds. The lowest BCUT2D eigenvalue weighted by Gasteiger charge is -2.21. The molecule has 0 radical (unpaired) electrons. The van der Waals surface area contributed by atoms with Crippen LogP contribution in [0.2, 0.25) is 0 Å². The first-order valence-corrected chi connectivity index (χ1v) is 6.36. The molecule has 2 aromatic rings. The summed E-state index contributed by atoms with van der Waals surface area (Å²) in [5, 5.41) is 18.6. The van der Waals surface area contributed by atoms with Crippen LogP contribution in [0.4, 0.5) is 0 Å². The minimum absolute atomic E-state index is 0.485. The van der Waals surface area contributed by atoms with Gasteiger partial charge in [0.25, 0.3) is 0 Å². The number of aromatic nitrogens is 4. The van der Waals surface area contributed by atoms with Gasteiger partial charge in [0.15, 0.2) is 5.82 Å². The average Bonchev–Trinajstić information content (AvgIpc) is 3.01. The fraction of sp³-hybridized carbons (Fsp3) is 0.500. The molecule has 84 valence electrons. The molecular formula is C10H13N5S. The van der Waals surface area contributed by atoms with E-state index < -0.39 is 0 Å². The molecule has 0 atom stereocenters. The third kappa shape index (κ3) is 1.74. The van der Waals surface area contributed by atoms with Gasteiger partial charge >= 0.3 is 0 Å². The van der Waals surface area contributed by atoms with Crippen molar-refractivity contribution >= 4 is 11.3 Å². The molecule has 3 rings (SSSR count). The average molecular weight is 235 g/mol. The van der Waals surface area contributed by atoms with Crippen molar-refractivity contribution in [1.29, 1.82) is 0 Å². The maximum atomic E-state index is 4.18. The highest BCUT2D eigenvalue weighted by Gasteiger charge is 2.22. The van der Waals surface area contributed by atoms with Crippen molar-refractivity contribution < 1.29 is 0 Å². The Morgan fingerprint density at radius 2 is 2.25 bits per heavy atom. The Morgan fingerprint density at radius 1 is 1.38 bits per heavy atom. The molecule has 0 aromatic carbocycles. The van der Waals surface area contributed by atoms with Gasteiger partial charge in [0, 0.05) is 5.92 Å². The third-order valence-corrected chi connectivity index (χ3v) is 3.76. The van der Waals surface area contributed by atoms with E-state index in [0.717, 1.165) is 36.8 Å². The zero-order valence-corrected chi connectivity index (χ0v) is 9.65. The summed E-state index contributed by atoms with van der Waals surface area (Å²) in [5.74, 6) is 1.49. The van der Waals surface area contributed by atoms with Crippen molar-refractivity contribution in [1.82, 2.24) is 25.5 Å². The number of rotatable bonds is 2. The van der Waals surface area contributed by atoms with Crippen molar-refractivity contribution in [3.8, 4) is 5.00 Å². The SMILES string of the molecule is c1csc(-n2nnnc2C2CCNCC2)c1. The number of nitrogens with zero attached hydrogens (tertiary/aromatic N) is 4. The minimum Gasteiger partial charge on any atom is -0.317 e. The predicted molar refractivity (Wildman–Crippen MR) is 61.9 cm³/mol. The molecule has 1 N–H and O–H groups in total. The van der Waals surface area contributed by atoms with Crippen LogP contribution in [0.5, 0.6) is 0 Å². The van der Waals surface area contributed by atoms with E-state index in [1.807, 2.05) is 22.2 Å². The van der Waals surface area contributed by atoms with Crippen molar-refractivity contribution in [3.63, 3.8) is 0 Å². The Labute approximate surface area is 97.5 Å². The van der Waals surface area contributed by atoms with Gasteiger partial charge in [-0.2, -0.15) is 4.68 Å². The molecule has 1 aliphatic heterocycles. The summed E-state index contributed by atoms with van der Waals surface area (Å²) in [7, 11) is 0. The second-order valence-corrected chi connectivity index (χ2v) is 4.85. The lowest BCUT2D eigenvalue weighted by molar-refractivity contribution is 0.439. The van der Waals surface area contributed by atoms with Crippen LogP contribution >= 0.6 is 11.3 Å². The summed E-state index contributed by atoms with van der Waals surface area (Å²) in [4.78, 5) is 0. The standard InChI is InChI=1S/C10H13N5S/c1-2-9(16-7-1)15-10(12-13-14-15)8-3-5-11-6-4-8/h1-2,7-8,11H,3-6H2. The first kappa shape index (κ1) is 9.92. The first-order valence-electron chi connectivity index (χ1n) is 5.48. The molecule has 0 spiro atoms. The van der Waals surface area contributed by atoms with Gasteiger partial charge in [0.1, 0.15) is 5.00 Å². The zero-order chi connectivity index (χ0) is 10.8. The van der Waals surface area contributed by atoms with Crippen LogP contribution in [-0.4, -0.2) is 33.3 Å². The second kappa shape index (κ2) is 4.31. The van der Waals surface area contributed by atoms with Crippen LogP contribution < -0.4 is 5.32 Å². The summed E-state index contributed by atoms with van der Waals surface area (Å²) < 4.78 is 1.88. The normalized spacial score (nSPS) is 17.8. The maximum absolute atomic E-state index is 4.18. The van der Waals surface area contributed by atoms with E-state index >= 15 is 0 Å². The smallest absolute Gasteiger partial charge is 0.160 e. The first-order chi connectivity index (χ1) is 7.95. The van der Waals surface area contributed by atoms with Gasteiger partial charge in [-0.05, 0) is 53.9 Å². The van der Waals surface area contributed by atoms with Crippen molar-refractivity contribution in [3.05, 3.63) is 23.3 Å². The highest BCUT2D eigenvalue weighted by atomic mass is 32.1. The number of hydrogen-bond donors (Lipinski definition) is 1. The number of piperidine rings is 1. The van der Waals surface area contributed by atoms with E-state index in [4.69, 9.17) is 0 Å². The van der Waals surface area contributed by atoms with Gasteiger partial charge < -0.3 is 5.32 Å². The van der Waals surface area contributed by atoms with Crippen molar-refractivity contribution in [2.45, 2.75) is 18.8 Å². The molecule has 6 heteroatoms. The zero-order valence-electron chi connectivity index (χ0n) is 8.83. The Bertz CT molecular complexity index is 443. The van der Waals surface area contributed by atoms with Gasteiger partial charge in [-0.3, -0.25) is 0 Å². The molecule has 0 saturated carbocycles. The molecule has 0 unspecified atom stereocenters. The molecule has 1 fully saturated rings. The minimum atomic E-state index is 0.485. The second-order valence-electron chi connectivity index (χ2n) is 3.92. The topological polar surface area (TPSA) is 55.6 Å². The summed E-state index contributed by atoms with van der Waals surface area (Å²) >= 11 is 1.66. The Hall–Kier alpha value is -1.27.